The van der Waals surface area contributed by atoms with Crippen LogP contribution < -0.4 is 0 Å². The van der Waals surface area contributed by atoms with E-state index in [2.05, 4.69) is 26.5 Å². The third-order valence-electron chi connectivity index (χ3n) is 3.14. The number of fused-ring (bicyclic) bond motifs is 3. The summed E-state index contributed by atoms with van der Waals surface area (Å²) in [6.45, 7) is 0. The largest absolute Gasteiger partial charge is 0.268 e. The minimum Gasteiger partial charge on any atom is -0.268 e. The Morgan fingerprint density at radius 1 is 0.900 bits per heavy atom. The van der Waals surface area contributed by atoms with Gasteiger partial charge in [0, 0.05) is 5.56 Å². The van der Waals surface area contributed by atoms with Gasteiger partial charge in [-0.2, -0.15) is 9.97 Å². The summed E-state index contributed by atoms with van der Waals surface area (Å²) in [5.74, 6) is 0.845. The van der Waals surface area contributed by atoms with Gasteiger partial charge in [0.05, 0.1) is 10.2 Å². The molecule has 0 saturated heterocycles. The molecule has 0 aliphatic heterocycles. The van der Waals surface area contributed by atoms with Gasteiger partial charge in [0.1, 0.15) is 5.82 Å². The first-order valence-corrected chi connectivity index (χ1v) is 7.39. The summed E-state index contributed by atoms with van der Waals surface area (Å²) in [5, 5.41) is 0. The SMILES string of the molecule is S=c1nc(-c2ccccc2)n2c(n1)sc1ccccc12. The zero-order chi connectivity index (χ0) is 13.5. The number of rotatable bonds is 1. The summed E-state index contributed by atoms with van der Waals surface area (Å²) >= 11 is 6.83. The number of aromatic nitrogens is 3. The van der Waals surface area contributed by atoms with Gasteiger partial charge in [-0.3, -0.25) is 4.40 Å². The normalized spacial score (nSPS) is 11.2. The van der Waals surface area contributed by atoms with Gasteiger partial charge in [0.2, 0.25) is 4.77 Å². The smallest absolute Gasteiger partial charge is 0.223 e. The first kappa shape index (κ1) is 11.7. The van der Waals surface area contributed by atoms with Crippen LogP contribution in [0.5, 0.6) is 0 Å². The molecule has 0 aliphatic carbocycles. The molecule has 0 N–H and O–H groups in total. The van der Waals surface area contributed by atoms with Gasteiger partial charge in [0.25, 0.3) is 0 Å². The summed E-state index contributed by atoms with van der Waals surface area (Å²) in [6.07, 6.45) is 0. The zero-order valence-corrected chi connectivity index (χ0v) is 12.0. The van der Waals surface area contributed by atoms with Gasteiger partial charge in [-0.15, -0.1) is 0 Å². The minimum absolute atomic E-state index is 0.385. The molecule has 5 heteroatoms. The highest BCUT2D eigenvalue weighted by Gasteiger charge is 2.11. The van der Waals surface area contributed by atoms with E-state index in [9.17, 15) is 0 Å². The van der Waals surface area contributed by atoms with Crippen molar-refractivity contribution in [1.82, 2.24) is 14.4 Å². The highest BCUT2D eigenvalue weighted by Crippen LogP contribution is 2.29. The molecular weight excluding hydrogens is 286 g/mol. The number of nitrogens with zero attached hydrogens (tertiary/aromatic N) is 3. The standard InChI is InChI=1S/C15H9N3S2/c19-14-16-13(10-6-2-1-3-7-10)18-11-8-4-5-9-12(11)20-15(18)17-14/h1-9H. The van der Waals surface area contributed by atoms with Crippen LogP contribution in [0.2, 0.25) is 0 Å². The second kappa shape index (κ2) is 4.47. The number of hydrogen-bond donors (Lipinski definition) is 0. The topological polar surface area (TPSA) is 30.2 Å². The maximum atomic E-state index is 5.20. The summed E-state index contributed by atoms with van der Waals surface area (Å²) in [6, 6.07) is 18.3. The molecule has 3 nitrogen and oxygen atoms in total. The van der Waals surface area contributed by atoms with Gasteiger partial charge in [-0.05, 0) is 24.4 Å². The van der Waals surface area contributed by atoms with E-state index in [4.69, 9.17) is 12.2 Å². The van der Waals surface area contributed by atoms with Gasteiger partial charge in [-0.1, -0.05) is 53.8 Å². The molecule has 2 aromatic carbocycles. The molecule has 0 atom stereocenters. The van der Waals surface area contributed by atoms with Crippen molar-refractivity contribution in [3.63, 3.8) is 0 Å². The fraction of sp³-hybridized carbons (Fsp3) is 0. The third-order valence-corrected chi connectivity index (χ3v) is 4.34. The third kappa shape index (κ3) is 1.75. The van der Waals surface area contributed by atoms with Crippen molar-refractivity contribution in [1.29, 1.82) is 0 Å². The average Bonchev–Trinajstić information content (AvgIpc) is 2.85. The molecule has 0 bridgehead atoms. The van der Waals surface area contributed by atoms with Gasteiger partial charge in [0.15, 0.2) is 4.96 Å². The molecule has 0 unspecified atom stereocenters. The van der Waals surface area contributed by atoms with Crippen LogP contribution in [0.3, 0.4) is 0 Å². The van der Waals surface area contributed by atoms with Gasteiger partial charge in [-0.25, -0.2) is 0 Å². The molecule has 2 aromatic heterocycles. The summed E-state index contributed by atoms with van der Waals surface area (Å²) in [7, 11) is 0. The summed E-state index contributed by atoms with van der Waals surface area (Å²) in [4.78, 5) is 9.73. The first-order valence-electron chi connectivity index (χ1n) is 6.17. The van der Waals surface area contributed by atoms with Crippen molar-refractivity contribution in [2.24, 2.45) is 0 Å². The fourth-order valence-electron chi connectivity index (χ4n) is 2.28. The lowest BCUT2D eigenvalue weighted by Gasteiger charge is -2.04. The highest BCUT2D eigenvalue weighted by molar-refractivity contribution is 7.71. The minimum atomic E-state index is 0.385. The maximum Gasteiger partial charge on any atom is 0.223 e. The Morgan fingerprint density at radius 3 is 2.50 bits per heavy atom. The molecular formula is C15H9N3S2. The fourth-order valence-corrected chi connectivity index (χ4v) is 3.53. The van der Waals surface area contributed by atoms with Crippen LogP contribution in [0.4, 0.5) is 0 Å². The molecule has 2 heterocycles. The second-order valence-electron chi connectivity index (χ2n) is 4.38. The Labute approximate surface area is 124 Å². The summed E-state index contributed by atoms with van der Waals surface area (Å²) < 4.78 is 3.64. The van der Waals surface area contributed by atoms with E-state index in [-0.39, 0.29) is 0 Å². The van der Waals surface area contributed by atoms with E-state index in [0.717, 1.165) is 21.9 Å². The number of benzene rings is 2. The van der Waals surface area contributed by atoms with Crippen molar-refractivity contribution in [3.05, 3.63) is 59.4 Å². The second-order valence-corrected chi connectivity index (χ2v) is 5.76. The Hall–Kier alpha value is -2.11. The van der Waals surface area contributed by atoms with Crippen LogP contribution in [-0.2, 0) is 0 Å². The van der Waals surface area contributed by atoms with Crippen LogP contribution in [0.1, 0.15) is 0 Å². The van der Waals surface area contributed by atoms with E-state index in [0.29, 0.717) is 4.77 Å². The van der Waals surface area contributed by atoms with E-state index in [1.165, 1.54) is 4.70 Å². The Balaban J connectivity index is 2.22. The molecule has 0 saturated carbocycles. The van der Waals surface area contributed by atoms with E-state index < -0.39 is 0 Å². The number of thiazole rings is 1. The van der Waals surface area contributed by atoms with E-state index >= 15 is 0 Å². The Kier molecular flexibility index (Phi) is 2.61. The zero-order valence-electron chi connectivity index (χ0n) is 10.4. The predicted octanol–water partition coefficient (Wildman–Crippen LogP) is 4.34. The molecule has 4 rings (SSSR count). The molecule has 20 heavy (non-hydrogen) atoms. The molecule has 0 spiro atoms. The van der Waals surface area contributed by atoms with Crippen LogP contribution in [-0.4, -0.2) is 14.4 Å². The predicted molar refractivity (Wildman–Crippen MR) is 84.6 cm³/mol. The average molecular weight is 295 g/mol. The molecule has 96 valence electrons. The summed E-state index contributed by atoms with van der Waals surface area (Å²) in [5.41, 5.74) is 2.15. The van der Waals surface area contributed by atoms with Crippen molar-refractivity contribution >= 4 is 38.7 Å². The van der Waals surface area contributed by atoms with Crippen molar-refractivity contribution in [3.8, 4) is 11.4 Å². The molecule has 0 amide bonds. The first-order chi connectivity index (χ1) is 9.83. The van der Waals surface area contributed by atoms with Gasteiger partial charge < -0.3 is 0 Å². The van der Waals surface area contributed by atoms with Crippen LogP contribution in [0, 0.1) is 4.77 Å². The quantitative estimate of drug-likeness (QED) is 0.489. The molecule has 0 aliphatic rings. The van der Waals surface area contributed by atoms with Crippen molar-refractivity contribution in [2.45, 2.75) is 0 Å². The molecule has 0 fully saturated rings. The van der Waals surface area contributed by atoms with Crippen LogP contribution in [0.15, 0.2) is 54.6 Å². The van der Waals surface area contributed by atoms with Crippen LogP contribution in [0.25, 0.3) is 26.6 Å². The van der Waals surface area contributed by atoms with Crippen molar-refractivity contribution < 1.29 is 0 Å². The number of para-hydroxylation sites is 1. The number of hydrogen-bond acceptors (Lipinski definition) is 4. The lowest BCUT2D eigenvalue weighted by atomic mass is 10.2. The molecule has 4 aromatic rings. The molecule has 0 radical (unpaired) electrons. The van der Waals surface area contributed by atoms with E-state index in [1.807, 2.05) is 42.5 Å². The lowest BCUT2D eigenvalue weighted by Crippen LogP contribution is -1.98. The Morgan fingerprint density at radius 2 is 1.65 bits per heavy atom. The van der Waals surface area contributed by atoms with Crippen LogP contribution >= 0.6 is 23.6 Å². The Bertz CT molecular complexity index is 971. The monoisotopic (exact) mass is 295 g/mol. The maximum absolute atomic E-state index is 5.20. The van der Waals surface area contributed by atoms with Crippen molar-refractivity contribution in [2.75, 3.05) is 0 Å². The van der Waals surface area contributed by atoms with E-state index in [1.54, 1.807) is 11.3 Å². The lowest BCUT2D eigenvalue weighted by molar-refractivity contribution is 1.05. The highest BCUT2D eigenvalue weighted by atomic mass is 32.1. The van der Waals surface area contributed by atoms with Gasteiger partial charge >= 0.3 is 0 Å².